The number of aromatic hydroxyl groups is 2. The molecular formula is C14H12BrNO3. The van der Waals surface area contributed by atoms with Crippen LogP contribution in [0.1, 0.15) is 5.56 Å². The third-order valence-electron chi connectivity index (χ3n) is 2.47. The molecule has 0 aliphatic rings. The van der Waals surface area contributed by atoms with E-state index in [9.17, 15) is 10.2 Å². The third kappa shape index (κ3) is 3.26. The van der Waals surface area contributed by atoms with Crippen LogP contribution in [0.5, 0.6) is 17.2 Å². The Labute approximate surface area is 119 Å². The minimum atomic E-state index is 0.0228. The van der Waals surface area contributed by atoms with Crippen molar-refractivity contribution in [2.24, 2.45) is 4.99 Å². The molecule has 0 saturated heterocycles. The van der Waals surface area contributed by atoms with Gasteiger partial charge < -0.3 is 14.9 Å². The third-order valence-corrected chi connectivity index (χ3v) is 2.93. The van der Waals surface area contributed by atoms with Crippen LogP contribution in [-0.2, 0) is 0 Å². The predicted molar refractivity (Wildman–Crippen MR) is 77.7 cm³/mol. The first-order valence-corrected chi connectivity index (χ1v) is 6.29. The van der Waals surface area contributed by atoms with Crippen LogP contribution in [0, 0.1) is 0 Å². The fraction of sp³-hybridized carbons (Fsp3) is 0.0714. The molecule has 4 nitrogen and oxygen atoms in total. The zero-order valence-corrected chi connectivity index (χ0v) is 11.8. The van der Waals surface area contributed by atoms with E-state index in [2.05, 4.69) is 20.9 Å². The van der Waals surface area contributed by atoms with Crippen LogP contribution >= 0.6 is 15.9 Å². The molecule has 0 fully saturated rings. The quantitative estimate of drug-likeness (QED) is 0.849. The van der Waals surface area contributed by atoms with Gasteiger partial charge in [-0.15, -0.1) is 0 Å². The summed E-state index contributed by atoms with van der Waals surface area (Å²) in [5.74, 6) is 0.534. The van der Waals surface area contributed by atoms with Gasteiger partial charge >= 0.3 is 0 Å². The second kappa shape index (κ2) is 5.75. The molecule has 0 spiro atoms. The van der Waals surface area contributed by atoms with Crippen molar-refractivity contribution in [2.45, 2.75) is 0 Å². The molecule has 0 bridgehead atoms. The SMILES string of the molecule is COc1cc(Br)cc(C=Nc2cccc(O)c2)c1O. The lowest BCUT2D eigenvalue weighted by molar-refractivity contribution is 0.373. The van der Waals surface area contributed by atoms with Crippen molar-refractivity contribution in [3.63, 3.8) is 0 Å². The van der Waals surface area contributed by atoms with E-state index in [0.717, 1.165) is 4.47 Å². The van der Waals surface area contributed by atoms with Gasteiger partial charge in [-0.3, -0.25) is 4.99 Å². The fourth-order valence-electron chi connectivity index (χ4n) is 1.57. The zero-order valence-electron chi connectivity index (χ0n) is 10.2. The summed E-state index contributed by atoms with van der Waals surface area (Å²) in [7, 11) is 1.48. The summed E-state index contributed by atoms with van der Waals surface area (Å²) >= 11 is 3.33. The highest BCUT2D eigenvalue weighted by atomic mass is 79.9. The molecule has 98 valence electrons. The molecule has 0 aliphatic carbocycles. The van der Waals surface area contributed by atoms with E-state index >= 15 is 0 Å². The van der Waals surface area contributed by atoms with E-state index in [1.54, 1.807) is 30.3 Å². The Morgan fingerprint density at radius 1 is 1.21 bits per heavy atom. The molecule has 0 atom stereocenters. The van der Waals surface area contributed by atoms with E-state index < -0.39 is 0 Å². The number of nitrogens with zero attached hydrogens (tertiary/aromatic N) is 1. The average molecular weight is 322 g/mol. The number of benzene rings is 2. The van der Waals surface area contributed by atoms with Gasteiger partial charge in [0.2, 0.25) is 0 Å². The molecule has 5 heteroatoms. The van der Waals surface area contributed by atoms with Crippen molar-refractivity contribution in [2.75, 3.05) is 7.11 Å². The molecule has 0 saturated carbocycles. The second-order valence-electron chi connectivity index (χ2n) is 3.82. The number of hydrogen-bond acceptors (Lipinski definition) is 4. The van der Waals surface area contributed by atoms with Gasteiger partial charge in [-0.1, -0.05) is 22.0 Å². The summed E-state index contributed by atoms with van der Waals surface area (Å²) < 4.78 is 5.83. The maximum atomic E-state index is 9.96. The van der Waals surface area contributed by atoms with Crippen molar-refractivity contribution in [3.05, 3.63) is 46.4 Å². The maximum Gasteiger partial charge on any atom is 0.166 e. The molecular weight excluding hydrogens is 310 g/mol. The normalized spacial score (nSPS) is 10.8. The number of phenolic OH excluding ortho intramolecular Hbond substituents is 2. The molecule has 0 radical (unpaired) electrons. The summed E-state index contributed by atoms with van der Waals surface area (Å²) in [5, 5.41) is 19.3. The summed E-state index contributed by atoms with van der Waals surface area (Å²) in [5.41, 5.74) is 1.12. The zero-order chi connectivity index (χ0) is 13.8. The second-order valence-corrected chi connectivity index (χ2v) is 4.74. The molecule has 0 unspecified atom stereocenters. The fourth-order valence-corrected chi connectivity index (χ4v) is 2.02. The summed E-state index contributed by atoms with van der Waals surface area (Å²) in [6.45, 7) is 0. The summed E-state index contributed by atoms with van der Waals surface area (Å²) in [6, 6.07) is 9.94. The van der Waals surface area contributed by atoms with Crippen molar-refractivity contribution in [1.29, 1.82) is 0 Å². The highest BCUT2D eigenvalue weighted by Gasteiger charge is 2.07. The highest BCUT2D eigenvalue weighted by Crippen LogP contribution is 2.33. The van der Waals surface area contributed by atoms with E-state index in [-0.39, 0.29) is 11.5 Å². The Morgan fingerprint density at radius 2 is 2.00 bits per heavy atom. The summed E-state index contributed by atoms with van der Waals surface area (Å²) in [6.07, 6.45) is 1.51. The van der Waals surface area contributed by atoms with Crippen molar-refractivity contribution in [3.8, 4) is 17.2 Å². The smallest absolute Gasteiger partial charge is 0.166 e. The lowest BCUT2D eigenvalue weighted by atomic mass is 10.2. The minimum absolute atomic E-state index is 0.0228. The van der Waals surface area contributed by atoms with Crippen LogP contribution in [0.15, 0.2) is 45.9 Å². The molecule has 0 heterocycles. The Morgan fingerprint density at radius 3 is 2.68 bits per heavy atom. The molecule has 2 rings (SSSR count). The molecule has 2 N–H and O–H groups in total. The van der Waals surface area contributed by atoms with E-state index in [0.29, 0.717) is 17.0 Å². The van der Waals surface area contributed by atoms with Gasteiger partial charge in [0.1, 0.15) is 5.75 Å². The molecule has 0 amide bonds. The monoisotopic (exact) mass is 321 g/mol. The lowest BCUT2D eigenvalue weighted by Crippen LogP contribution is -1.89. The minimum Gasteiger partial charge on any atom is -0.508 e. The van der Waals surface area contributed by atoms with Gasteiger partial charge in [-0.2, -0.15) is 0 Å². The van der Waals surface area contributed by atoms with Crippen LogP contribution in [0.2, 0.25) is 0 Å². The first-order chi connectivity index (χ1) is 9.10. The number of aliphatic imine (C=N–C) groups is 1. The van der Waals surface area contributed by atoms with Crippen LogP contribution in [0.3, 0.4) is 0 Å². The van der Waals surface area contributed by atoms with E-state index in [4.69, 9.17) is 4.74 Å². The number of hydrogen-bond donors (Lipinski definition) is 2. The van der Waals surface area contributed by atoms with Crippen LogP contribution < -0.4 is 4.74 Å². The van der Waals surface area contributed by atoms with Crippen LogP contribution in [0.25, 0.3) is 0 Å². The van der Waals surface area contributed by atoms with Gasteiger partial charge in [0.05, 0.1) is 12.8 Å². The number of rotatable bonds is 3. The van der Waals surface area contributed by atoms with Gasteiger partial charge in [0.15, 0.2) is 11.5 Å². The number of phenols is 2. The van der Waals surface area contributed by atoms with Gasteiger partial charge in [-0.25, -0.2) is 0 Å². The molecule has 0 aliphatic heterocycles. The Bertz CT molecular complexity index is 626. The molecule has 2 aromatic carbocycles. The number of halogens is 1. The molecule has 19 heavy (non-hydrogen) atoms. The Kier molecular flexibility index (Phi) is 4.06. The lowest BCUT2D eigenvalue weighted by Gasteiger charge is -2.06. The Hall–Kier alpha value is -2.01. The van der Waals surface area contributed by atoms with E-state index in [1.165, 1.54) is 19.4 Å². The number of ether oxygens (including phenoxy) is 1. The average Bonchev–Trinajstić information content (AvgIpc) is 2.39. The van der Waals surface area contributed by atoms with E-state index in [1.807, 2.05) is 0 Å². The molecule has 0 aromatic heterocycles. The van der Waals surface area contributed by atoms with Gasteiger partial charge in [0, 0.05) is 22.3 Å². The van der Waals surface area contributed by atoms with Gasteiger partial charge in [-0.05, 0) is 24.3 Å². The van der Waals surface area contributed by atoms with Gasteiger partial charge in [0.25, 0.3) is 0 Å². The highest BCUT2D eigenvalue weighted by molar-refractivity contribution is 9.10. The van der Waals surface area contributed by atoms with Crippen molar-refractivity contribution < 1.29 is 14.9 Å². The standard InChI is InChI=1S/C14H12BrNO3/c1-19-13-6-10(15)5-9(14(13)18)8-16-11-3-2-4-12(17)7-11/h2-8,17-18H,1H3. The largest absolute Gasteiger partial charge is 0.508 e. The first kappa shape index (κ1) is 13.4. The summed E-state index contributed by atoms with van der Waals surface area (Å²) in [4.78, 5) is 4.19. The molecule has 2 aromatic rings. The number of methoxy groups -OCH3 is 1. The first-order valence-electron chi connectivity index (χ1n) is 5.50. The Balaban J connectivity index is 2.35. The predicted octanol–water partition coefficient (Wildman–Crippen LogP) is 3.62. The van der Waals surface area contributed by atoms with Crippen LogP contribution in [0.4, 0.5) is 5.69 Å². The van der Waals surface area contributed by atoms with Crippen molar-refractivity contribution >= 4 is 27.8 Å². The van der Waals surface area contributed by atoms with Crippen molar-refractivity contribution in [1.82, 2.24) is 0 Å². The maximum absolute atomic E-state index is 9.96. The topological polar surface area (TPSA) is 62.0 Å². The van der Waals surface area contributed by atoms with Crippen LogP contribution in [-0.4, -0.2) is 23.5 Å².